The van der Waals surface area contributed by atoms with Crippen LogP contribution in [0.2, 0.25) is 0 Å². The first kappa shape index (κ1) is 21.2. The number of piperidine rings is 1. The minimum atomic E-state index is -0.0823. The van der Waals surface area contributed by atoms with Crippen molar-refractivity contribution < 1.29 is 9.59 Å². The van der Waals surface area contributed by atoms with Gasteiger partial charge < -0.3 is 20.4 Å². The van der Waals surface area contributed by atoms with Gasteiger partial charge in [0.05, 0.1) is 5.92 Å². The van der Waals surface area contributed by atoms with Crippen LogP contribution in [0.1, 0.15) is 32.3 Å². The Balaban J connectivity index is 1.24. The molecule has 2 amide bonds. The maximum atomic E-state index is 12.2. The largest absolute Gasteiger partial charge is 0.372 e. The normalized spacial score (nSPS) is 17.2. The number of carbonyl (C=O) groups is 2. The molecule has 0 unspecified atom stereocenters. The van der Waals surface area contributed by atoms with E-state index >= 15 is 0 Å². The lowest BCUT2D eigenvalue weighted by Gasteiger charge is -2.37. The molecular weight excluding hydrogens is 388 g/mol. The van der Waals surface area contributed by atoms with E-state index in [1.54, 1.807) is 4.90 Å². The Morgan fingerprint density at radius 2 is 1.52 bits per heavy atom. The molecule has 0 spiro atoms. The number of nitrogens with one attached hydrogen (secondary N) is 2. The van der Waals surface area contributed by atoms with Crippen LogP contribution in [0.25, 0.3) is 0 Å². The molecule has 0 saturated carbocycles. The van der Waals surface area contributed by atoms with Gasteiger partial charge in [-0.05, 0) is 60.7 Å². The summed E-state index contributed by atoms with van der Waals surface area (Å²) in [6.07, 6.45) is 2.54. The molecule has 2 aromatic rings. The quantitative estimate of drug-likeness (QED) is 0.747. The van der Waals surface area contributed by atoms with E-state index in [4.69, 9.17) is 0 Å². The molecule has 2 N–H and O–H groups in total. The third-order valence-corrected chi connectivity index (χ3v) is 6.42. The molecule has 0 bridgehead atoms. The summed E-state index contributed by atoms with van der Waals surface area (Å²) in [6.45, 7) is 7.70. The number of hydrogen-bond acceptors (Lipinski definition) is 4. The van der Waals surface area contributed by atoms with E-state index in [1.165, 1.54) is 25.5 Å². The van der Waals surface area contributed by atoms with Crippen LogP contribution in [0.4, 0.5) is 17.1 Å². The van der Waals surface area contributed by atoms with Crippen molar-refractivity contribution in [2.24, 2.45) is 11.8 Å². The third kappa shape index (κ3) is 5.37. The van der Waals surface area contributed by atoms with E-state index in [-0.39, 0.29) is 17.7 Å². The summed E-state index contributed by atoms with van der Waals surface area (Å²) in [5, 5.41) is 6.41. The smallest absolute Gasteiger partial charge is 0.226 e. The summed E-state index contributed by atoms with van der Waals surface area (Å²) >= 11 is 0. The zero-order valence-corrected chi connectivity index (χ0v) is 18.4. The molecule has 0 aromatic heterocycles. The molecule has 164 valence electrons. The van der Waals surface area contributed by atoms with Crippen LogP contribution in [0.15, 0.2) is 48.5 Å². The number of rotatable bonds is 6. The molecule has 0 radical (unpaired) electrons. The van der Waals surface area contributed by atoms with Crippen LogP contribution in [-0.4, -0.2) is 42.9 Å². The van der Waals surface area contributed by atoms with Gasteiger partial charge in [0.2, 0.25) is 11.8 Å². The first-order chi connectivity index (χ1) is 15.0. The Hall–Kier alpha value is -3.02. The molecule has 6 heteroatoms. The van der Waals surface area contributed by atoms with Gasteiger partial charge in [-0.25, -0.2) is 0 Å². The van der Waals surface area contributed by atoms with Gasteiger partial charge in [0.1, 0.15) is 0 Å². The fourth-order valence-corrected chi connectivity index (χ4v) is 4.13. The second kappa shape index (κ2) is 9.41. The summed E-state index contributed by atoms with van der Waals surface area (Å²) in [7, 11) is 0. The van der Waals surface area contributed by atoms with Crippen molar-refractivity contribution in [1.29, 1.82) is 0 Å². The number of amides is 2. The van der Waals surface area contributed by atoms with Gasteiger partial charge in [-0.15, -0.1) is 0 Å². The molecule has 0 atom stereocenters. The fourth-order valence-electron chi connectivity index (χ4n) is 4.13. The van der Waals surface area contributed by atoms with E-state index < -0.39 is 0 Å². The van der Waals surface area contributed by atoms with Gasteiger partial charge in [0.15, 0.2) is 0 Å². The maximum absolute atomic E-state index is 12.2. The highest BCUT2D eigenvalue weighted by molar-refractivity contribution is 5.83. The van der Waals surface area contributed by atoms with Crippen LogP contribution in [0.3, 0.4) is 0 Å². The number of carbonyl (C=O) groups excluding carboxylic acids is 2. The summed E-state index contributed by atoms with van der Waals surface area (Å²) in [5.74, 6) is 0.802. The molecule has 0 aliphatic carbocycles. The average Bonchev–Trinajstić information content (AvgIpc) is 2.73. The number of likely N-dealkylation sites (tertiary alicyclic amines) is 1. The third-order valence-electron chi connectivity index (χ3n) is 6.42. The van der Waals surface area contributed by atoms with Crippen molar-refractivity contribution in [3.05, 3.63) is 54.1 Å². The van der Waals surface area contributed by atoms with Gasteiger partial charge in [-0.1, -0.05) is 19.1 Å². The number of hydrogen-bond donors (Lipinski definition) is 2. The van der Waals surface area contributed by atoms with E-state index in [0.29, 0.717) is 19.6 Å². The Morgan fingerprint density at radius 1 is 0.935 bits per heavy atom. The van der Waals surface area contributed by atoms with Crippen molar-refractivity contribution in [2.75, 3.05) is 36.4 Å². The van der Waals surface area contributed by atoms with E-state index in [1.807, 2.05) is 24.3 Å². The van der Waals surface area contributed by atoms with Crippen molar-refractivity contribution >= 4 is 28.9 Å². The standard InChI is InChI=1S/C25H32N4O2/c1-18-11-13-28(14-12-18)24-9-7-23(8-10-24)27-22-5-3-20(4-6-22)15-26-25(31)21-16-29(17-21)19(2)30/h3-10,18,21,27H,11-17H2,1-2H3,(H,26,31). The summed E-state index contributed by atoms with van der Waals surface area (Å²) in [4.78, 5) is 27.5. The summed E-state index contributed by atoms with van der Waals surface area (Å²) < 4.78 is 0. The molecule has 2 aliphatic rings. The second-order valence-corrected chi connectivity index (χ2v) is 8.88. The first-order valence-electron chi connectivity index (χ1n) is 11.2. The van der Waals surface area contributed by atoms with E-state index in [2.05, 4.69) is 46.7 Å². The predicted molar refractivity (Wildman–Crippen MR) is 124 cm³/mol. The monoisotopic (exact) mass is 420 g/mol. The number of nitrogens with zero attached hydrogens (tertiary/aromatic N) is 2. The zero-order valence-electron chi connectivity index (χ0n) is 18.4. The molecule has 2 aliphatic heterocycles. The topological polar surface area (TPSA) is 64.7 Å². The first-order valence-corrected chi connectivity index (χ1v) is 11.2. The molecule has 2 fully saturated rings. The number of anilines is 3. The minimum absolute atomic E-state index is 0.0166. The Bertz CT molecular complexity index is 896. The molecule has 2 saturated heterocycles. The molecule has 31 heavy (non-hydrogen) atoms. The van der Waals surface area contributed by atoms with Crippen molar-refractivity contribution in [1.82, 2.24) is 10.2 Å². The Morgan fingerprint density at radius 3 is 2.10 bits per heavy atom. The van der Waals surface area contributed by atoms with Crippen molar-refractivity contribution in [3.8, 4) is 0 Å². The molecule has 2 aromatic carbocycles. The second-order valence-electron chi connectivity index (χ2n) is 8.88. The molecule has 6 nitrogen and oxygen atoms in total. The van der Waals surface area contributed by atoms with Crippen LogP contribution in [0, 0.1) is 11.8 Å². The maximum Gasteiger partial charge on any atom is 0.226 e. The van der Waals surface area contributed by atoms with Gasteiger partial charge in [-0.2, -0.15) is 0 Å². The van der Waals surface area contributed by atoms with Crippen molar-refractivity contribution in [2.45, 2.75) is 33.2 Å². The fraction of sp³-hybridized carbons (Fsp3) is 0.440. The highest BCUT2D eigenvalue weighted by Gasteiger charge is 2.33. The lowest BCUT2D eigenvalue weighted by atomic mass is 9.99. The van der Waals surface area contributed by atoms with Gasteiger partial charge in [-0.3, -0.25) is 9.59 Å². The summed E-state index contributed by atoms with van der Waals surface area (Å²) in [5.41, 5.74) is 4.43. The average molecular weight is 421 g/mol. The van der Waals surface area contributed by atoms with Crippen LogP contribution in [-0.2, 0) is 16.1 Å². The number of benzene rings is 2. The highest BCUT2D eigenvalue weighted by Crippen LogP contribution is 2.25. The van der Waals surface area contributed by atoms with E-state index in [9.17, 15) is 9.59 Å². The summed E-state index contributed by atoms with van der Waals surface area (Å²) in [6, 6.07) is 16.7. The van der Waals surface area contributed by atoms with Crippen LogP contribution in [0.5, 0.6) is 0 Å². The minimum Gasteiger partial charge on any atom is -0.372 e. The van der Waals surface area contributed by atoms with Crippen LogP contribution < -0.4 is 15.5 Å². The van der Waals surface area contributed by atoms with Gasteiger partial charge in [0.25, 0.3) is 0 Å². The Labute approximate surface area is 184 Å². The van der Waals surface area contributed by atoms with Crippen LogP contribution >= 0.6 is 0 Å². The van der Waals surface area contributed by atoms with Crippen molar-refractivity contribution in [3.63, 3.8) is 0 Å². The Kier molecular flexibility index (Phi) is 6.44. The zero-order chi connectivity index (χ0) is 21.8. The van der Waals surface area contributed by atoms with E-state index in [0.717, 1.165) is 35.9 Å². The molecular formula is C25H32N4O2. The van der Waals surface area contributed by atoms with Gasteiger partial charge >= 0.3 is 0 Å². The molecule has 4 rings (SSSR count). The SMILES string of the molecule is CC(=O)N1CC(C(=O)NCc2ccc(Nc3ccc(N4CCC(C)CC4)cc3)cc2)C1. The lowest BCUT2D eigenvalue weighted by Crippen LogP contribution is -2.55. The van der Waals surface area contributed by atoms with Gasteiger partial charge in [0, 0.05) is 56.7 Å². The lowest BCUT2D eigenvalue weighted by molar-refractivity contribution is -0.141. The predicted octanol–water partition coefficient (Wildman–Crippen LogP) is 3.76. The molecule has 2 heterocycles. The highest BCUT2D eigenvalue weighted by atomic mass is 16.2.